The Balaban J connectivity index is 0.00000196. The Morgan fingerprint density at radius 3 is 2.58 bits per heavy atom. The van der Waals surface area contributed by atoms with E-state index in [2.05, 4.69) is 5.32 Å². The standard InChI is InChI=1S/C21H23FN2O.ClH/c22-19-4-1-3-18(13-19)16-5-7-17(8-6-16)20(25)24-12-2-9-21(15-24)10-11-23-14-21;/h1,3-8,13,23H,2,9-12,14-15H2;1H. The summed E-state index contributed by atoms with van der Waals surface area (Å²) in [5.41, 5.74) is 2.73. The second-order valence-electron chi connectivity index (χ2n) is 7.34. The predicted molar refractivity (Wildman–Crippen MR) is 104 cm³/mol. The highest BCUT2D eigenvalue weighted by molar-refractivity contribution is 5.94. The average Bonchev–Trinajstić information content (AvgIpc) is 3.09. The number of hydrogen-bond acceptors (Lipinski definition) is 2. The number of carbonyl (C=O) groups excluding carboxylic acids is 1. The Labute approximate surface area is 160 Å². The number of carbonyl (C=O) groups is 1. The van der Waals surface area contributed by atoms with E-state index in [9.17, 15) is 9.18 Å². The van der Waals surface area contributed by atoms with Crippen LogP contribution in [0.3, 0.4) is 0 Å². The molecule has 1 unspecified atom stereocenters. The van der Waals surface area contributed by atoms with Crippen LogP contribution < -0.4 is 5.32 Å². The average molecular weight is 375 g/mol. The fourth-order valence-corrected chi connectivity index (χ4v) is 4.18. The second kappa shape index (κ2) is 7.77. The predicted octanol–water partition coefficient (Wildman–Crippen LogP) is 4.13. The highest BCUT2D eigenvalue weighted by Crippen LogP contribution is 2.36. The molecule has 0 saturated carbocycles. The van der Waals surface area contributed by atoms with Crippen molar-refractivity contribution in [2.24, 2.45) is 5.41 Å². The fourth-order valence-electron chi connectivity index (χ4n) is 4.18. The summed E-state index contributed by atoms with van der Waals surface area (Å²) in [7, 11) is 0. The highest BCUT2D eigenvalue weighted by atomic mass is 35.5. The van der Waals surface area contributed by atoms with E-state index in [1.54, 1.807) is 6.07 Å². The summed E-state index contributed by atoms with van der Waals surface area (Å²) in [5.74, 6) is -0.141. The molecule has 26 heavy (non-hydrogen) atoms. The number of nitrogens with one attached hydrogen (secondary N) is 1. The minimum Gasteiger partial charge on any atom is -0.338 e. The molecule has 2 aliphatic rings. The van der Waals surface area contributed by atoms with Gasteiger partial charge < -0.3 is 10.2 Å². The Bertz CT molecular complexity index is 772. The van der Waals surface area contributed by atoms with E-state index in [0.29, 0.717) is 5.56 Å². The summed E-state index contributed by atoms with van der Waals surface area (Å²) < 4.78 is 13.4. The van der Waals surface area contributed by atoms with Crippen LogP contribution in [0.4, 0.5) is 4.39 Å². The maximum atomic E-state index is 13.4. The van der Waals surface area contributed by atoms with Crippen LogP contribution in [0.15, 0.2) is 48.5 Å². The number of benzene rings is 2. The lowest BCUT2D eigenvalue weighted by Gasteiger charge is -2.40. The SMILES string of the molecule is Cl.O=C(c1ccc(-c2cccc(F)c2)cc1)N1CCCC2(CCNC2)C1. The summed E-state index contributed by atoms with van der Waals surface area (Å²) in [6, 6.07) is 14.0. The number of nitrogens with zero attached hydrogens (tertiary/aromatic N) is 1. The maximum absolute atomic E-state index is 13.4. The molecule has 1 N–H and O–H groups in total. The van der Waals surface area contributed by atoms with Crippen molar-refractivity contribution >= 4 is 18.3 Å². The third kappa shape index (κ3) is 3.76. The minimum absolute atomic E-state index is 0. The Morgan fingerprint density at radius 2 is 1.88 bits per heavy atom. The number of halogens is 2. The first-order valence-electron chi connectivity index (χ1n) is 9.01. The van der Waals surface area contributed by atoms with Gasteiger partial charge in [0.1, 0.15) is 5.82 Å². The molecule has 0 aliphatic carbocycles. The van der Waals surface area contributed by atoms with Crippen molar-refractivity contribution in [3.63, 3.8) is 0 Å². The minimum atomic E-state index is -0.249. The zero-order valence-electron chi connectivity index (χ0n) is 14.7. The van der Waals surface area contributed by atoms with Crippen LogP contribution in [0.2, 0.25) is 0 Å². The van der Waals surface area contributed by atoms with Gasteiger partial charge >= 0.3 is 0 Å². The molecule has 2 fully saturated rings. The zero-order valence-corrected chi connectivity index (χ0v) is 15.5. The summed E-state index contributed by atoms with van der Waals surface area (Å²) in [6.07, 6.45) is 3.45. The molecule has 2 aromatic carbocycles. The molecule has 2 aromatic rings. The smallest absolute Gasteiger partial charge is 0.253 e. The van der Waals surface area contributed by atoms with E-state index in [1.807, 2.05) is 35.2 Å². The highest BCUT2D eigenvalue weighted by Gasteiger charge is 2.39. The first-order valence-corrected chi connectivity index (χ1v) is 9.01. The molecule has 2 heterocycles. The van der Waals surface area contributed by atoms with Crippen molar-refractivity contribution in [1.82, 2.24) is 10.2 Å². The van der Waals surface area contributed by atoms with Gasteiger partial charge in [-0.3, -0.25) is 4.79 Å². The third-order valence-corrected chi connectivity index (χ3v) is 5.57. The quantitative estimate of drug-likeness (QED) is 0.857. The fraction of sp³-hybridized carbons (Fsp3) is 0.381. The Hall–Kier alpha value is -1.91. The first kappa shape index (κ1) is 18.9. The first-order chi connectivity index (χ1) is 12.2. The van der Waals surface area contributed by atoms with E-state index < -0.39 is 0 Å². The monoisotopic (exact) mass is 374 g/mol. The van der Waals surface area contributed by atoms with Gasteiger partial charge in [-0.25, -0.2) is 4.39 Å². The Morgan fingerprint density at radius 1 is 1.08 bits per heavy atom. The maximum Gasteiger partial charge on any atom is 0.253 e. The molecule has 4 rings (SSSR count). The number of likely N-dealkylation sites (tertiary alicyclic amines) is 1. The lowest BCUT2D eigenvalue weighted by atomic mass is 9.79. The van der Waals surface area contributed by atoms with Gasteiger partial charge in [-0.1, -0.05) is 24.3 Å². The molecule has 0 bridgehead atoms. The van der Waals surface area contributed by atoms with Crippen molar-refractivity contribution in [2.45, 2.75) is 19.3 Å². The van der Waals surface area contributed by atoms with Gasteiger partial charge in [-0.05, 0) is 61.2 Å². The summed E-state index contributed by atoms with van der Waals surface area (Å²) in [6.45, 7) is 3.77. The van der Waals surface area contributed by atoms with Crippen LogP contribution in [0.5, 0.6) is 0 Å². The molecule has 2 aliphatic heterocycles. The van der Waals surface area contributed by atoms with Gasteiger partial charge in [-0.2, -0.15) is 0 Å². The molecular weight excluding hydrogens is 351 g/mol. The number of rotatable bonds is 2. The lowest BCUT2D eigenvalue weighted by molar-refractivity contribution is 0.0553. The van der Waals surface area contributed by atoms with E-state index in [0.717, 1.165) is 50.1 Å². The topological polar surface area (TPSA) is 32.3 Å². The molecule has 1 atom stereocenters. The largest absolute Gasteiger partial charge is 0.338 e. The van der Waals surface area contributed by atoms with Crippen LogP contribution in [-0.4, -0.2) is 37.0 Å². The van der Waals surface area contributed by atoms with Crippen molar-refractivity contribution in [3.8, 4) is 11.1 Å². The number of hydrogen-bond donors (Lipinski definition) is 1. The van der Waals surface area contributed by atoms with Crippen molar-refractivity contribution in [2.75, 3.05) is 26.2 Å². The van der Waals surface area contributed by atoms with E-state index in [1.165, 1.54) is 18.6 Å². The summed E-state index contributed by atoms with van der Waals surface area (Å²) >= 11 is 0. The van der Waals surface area contributed by atoms with Crippen LogP contribution in [0.1, 0.15) is 29.6 Å². The van der Waals surface area contributed by atoms with Gasteiger partial charge in [0.15, 0.2) is 0 Å². The number of piperidine rings is 1. The lowest BCUT2D eigenvalue weighted by Crippen LogP contribution is -2.47. The second-order valence-corrected chi connectivity index (χ2v) is 7.34. The molecule has 1 spiro atoms. The van der Waals surface area contributed by atoms with E-state index in [-0.39, 0.29) is 29.5 Å². The van der Waals surface area contributed by atoms with Gasteiger partial charge in [-0.15, -0.1) is 12.4 Å². The van der Waals surface area contributed by atoms with Crippen LogP contribution in [0.25, 0.3) is 11.1 Å². The molecule has 138 valence electrons. The van der Waals surface area contributed by atoms with Crippen molar-refractivity contribution in [1.29, 1.82) is 0 Å². The zero-order chi connectivity index (χ0) is 17.3. The van der Waals surface area contributed by atoms with Crippen LogP contribution in [0, 0.1) is 11.2 Å². The molecule has 3 nitrogen and oxygen atoms in total. The van der Waals surface area contributed by atoms with Crippen LogP contribution >= 0.6 is 12.4 Å². The third-order valence-electron chi connectivity index (χ3n) is 5.57. The van der Waals surface area contributed by atoms with Crippen LogP contribution in [-0.2, 0) is 0 Å². The molecule has 0 radical (unpaired) electrons. The van der Waals surface area contributed by atoms with Gasteiger partial charge in [0.2, 0.25) is 0 Å². The molecule has 2 saturated heterocycles. The molecule has 5 heteroatoms. The number of amides is 1. The Kier molecular flexibility index (Phi) is 5.64. The van der Waals surface area contributed by atoms with E-state index >= 15 is 0 Å². The van der Waals surface area contributed by atoms with Gasteiger partial charge in [0.05, 0.1) is 0 Å². The summed E-state index contributed by atoms with van der Waals surface area (Å²) in [4.78, 5) is 14.9. The van der Waals surface area contributed by atoms with Gasteiger partial charge in [0, 0.05) is 30.6 Å². The van der Waals surface area contributed by atoms with Crippen molar-refractivity contribution in [3.05, 3.63) is 59.9 Å². The van der Waals surface area contributed by atoms with E-state index in [4.69, 9.17) is 0 Å². The van der Waals surface area contributed by atoms with Gasteiger partial charge in [0.25, 0.3) is 5.91 Å². The molecule has 1 amide bonds. The molecule has 0 aromatic heterocycles. The summed E-state index contributed by atoms with van der Waals surface area (Å²) in [5, 5.41) is 3.44. The molecular formula is C21H24ClFN2O. The van der Waals surface area contributed by atoms with Crippen molar-refractivity contribution < 1.29 is 9.18 Å². The normalized spacial score (nSPS) is 22.3.